The van der Waals surface area contributed by atoms with E-state index < -0.39 is 12.7 Å². The van der Waals surface area contributed by atoms with E-state index in [0.717, 1.165) is 5.69 Å². The minimum atomic E-state index is -2.71. The molecule has 0 atom stereocenters. The van der Waals surface area contributed by atoms with Crippen molar-refractivity contribution >= 4 is 42.2 Å². The van der Waals surface area contributed by atoms with Gasteiger partial charge in [-0.05, 0) is 49.7 Å². The summed E-state index contributed by atoms with van der Waals surface area (Å²) < 4.78 is 13.1. The number of amides is 1. The Morgan fingerprint density at radius 2 is 1.90 bits per heavy atom. The first-order chi connectivity index (χ1) is 10.0. The van der Waals surface area contributed by atoms with Crippen LogP contribution in [0.4, 0.5) is 10.5 Å². The molecule has 9 heteroatoms. The molecule has 0 radical (unpaired) electrons. The molecule has 2 N–H and O–H groups in total. The van der Waals surface area contributed by atoms with E-state index in [1.165, 1.54) is 11.9 Å². The lowest BCUT2D eigenvalue weighted by molar-refractivity contribution is 0.196. The van der Waals surface area contributed by atoms with Gasteiger partial charge in [0.25, 0.3) is 6.64 Å². The predicted octanol–water partition coefficient (Wildman–Crippen LogP) is 3.66. The first-order valence-electron chi connectivity index (χ1n) is 6.38. The number of rotatable bonds is 9. The summed E-state index contributed by atoms with van der Waals surface area (Å²) in [5, 5.41) is 11.0. The smallest absolute Gasteiger partial charge is 0.405 e. The van der Waals surface area contributed by atoms with Crippen LogP contribution < -0.4 is 9.39 Å². The molecule has 0 saturated heterocycles. The number of nitrogens with one attached hydrogen (secondary N) is 1. The average molecular weight is 350 g/mol. The molecule has 1 amide bonds. The normalized spacial score (nSPS) is 11.1. The second-order valence-electron chi connectivity index (χ2n) is 3.67. The Hall–Kier alpha value is -0.790. The van der Waals surface area contributed by atoms with E-state index in [0.29, 0.717) is 13.2 Å². The largest absolute Gasteiger partial charge is 0.465 e. The molecule has 21 heavy (non-hydrogen) atoms. The van der Waals surface area contributed by atoms with E-state index >= 15 is 0 Å². The van der Waals surface area contributed by atoms with Crippen LogP contribution >= 0.6 is 18.6 Å². The molecule has 0 bridgehead atoms. The van der Waals surface area contributed by atoms with Crippen LogP contribution in [0.15, 0.2) is 30.3 Å². The fraction of sp³-hybridized carbons (Fsp3) is 0.417. The Labute approximate surface area is 134 Å². The molecule has 0 aliphatic rings. The van der Waals surface area contributed by atoms with Crippen molar-refractivity contribution < 1.29 is 18.9 Å². The van der Waals surface area contributed by atoms with Crippen LogP contribution in [0.3, 0.4) is 0 Å². The molecule has 0 unspecified atom stereocenters. The summed E-state index contributed by atoms with van der Waals surface area (Å²) in [5.74, 6) is 0.156. The monoisotopic (exact) mass is 350 g/mol. The van der Waals surface area contributed by atoms with Gasteiger partial charge in [0.05, 0.1) is 24.8 Å². The molecule has 0 saturated carbocycles. The molecule has 0 aromatic heterocycles. The number of carboxylic acid groups (broad SMARTS) is 1. The van der Waals surface area contributed by atoms with Crippen molar-refractivity contribution in [3.05, 3.63) is 30.3 Å². The number of hydrogen-bond donors (Lipinski definition) is 2. The van der Waals surface area contributed by atoms with Crippen molar-refractivity contribution in [3.63, 3.8) is 0 Å². The van der Waals surface area contributed by atoms with E-state index in [9.17, 15) is 4.79 Å². The molecule has 0 heterocycles. The van der Waals surface area contributed by atoms with Crippen molar-refractivity contribution in [3.8, 4) is 0 Å². The number of para-hydroxylation sites is 1. The Bertz CT molecular complexity index is 479. The van der Waals surface area contributed by atoms with E-state index in [1.807, 2.05) is 44.2 Å². The maximum atomic E-state index is 10.6. The summed E-state index contributed by atoms with van der Waals surface area (Å²) in [6, 6.07) is 9.42. The summed E-state index contributed by atoms with van der Waals surface area (Å²) in [4.78, 5) is 10.6. The van der Waals surface area contributed by atoms with Gasteiger partial charge in [-0.3, -0.25) is 0 Å². The van der Waals surface area contributed by atoms with Crippen molar-refractivity contribution in [1.82, 2.24) is 5.32 Å². The summed E-state index contributed by atoms with van der Waals surface area (Å²) in [5.41, 5.74) is 0.819. The number of carbonyl (C=O) groups is 1. The number of nitrogens with zero attached hydrogens (tertiary/aromatic N) is 1. The lowest BCUT2D eigenvalue weighted by Gasteiger charge is -2.33. The van der Waals surface area contributed by atoms with Gasteiger partial charge in [-0.1, -0.05) is 18.2 Å². The van der Waals surface area contributed by atoms with Crippen LogP contribution in [-0.4, -0.2) is 30.3 Å². The van der Waals surface area contributed by atoms with Crippen molar-refractivity contribution in [1.29, 1.82) is 0 Å². The van der Waals surface area contributed by atoms with Crippen molar-refractivity contribution in [2.75, 3.05) is 23.2 Å². The summed E-state index contributed by atoms with van der Waals surface area (Å²) in [6.45, 7) is 1.83. The standard InChI is InChI=1S/C12H19N2O4PS2/c1-3-17-19(20,18-4-2)14(21-10-13-12(15)16)11-8-6-5-7-9-11/h5-9,13H,3-4,10H2,1-2H3,(H,15,16). The third kappa shape index (κ3) is 5.84. The lowest BCUT2D eigenvalue weighted by Crippen LogP contribution is -2.24. The predicted molar refractivity (Wildman–Crippen MR) is 90.1 cm³/mol. The molecule has 0 aliphatic heterocycles. The van der Waals surface area contributed by atoms with Gasteiger partial charge in [0.2, 0.25) is 0 Å². The van der Waals surface area contributed by atoms with Crippen LogP contribution in [0.1, 0.15) is 13.8 Å². The Kier molecular flexibility index (Phi) is 8.06. The number of anilines is 1. The molecular weight excluding hydrogens is 331 g/mol. The minimum Gasteiger partial charge on any atom is -0.465 e. The topological polar surface area (TPSA) is 71.0 Å². The third-order valence-corrected chi connectivity index (χ3v) is 7.19. The van der Waals surface area contributed by atoms with E-state index in [2.05, 4.69) is 5.32 Å². The highest BCUT2D eigenvalue weighted by Gasteiger charge is 2.29. The molecular formula is C12H19N2O4PS2. The van der Waals surface area contributed by atoms with Gasteiger partial charge < -0.3 is 19.5 Å². The minimum absolute atomic E-state index is 0.156. The number of benzene rings is 1. The third-order valence-electron chi connectivity index (χ3n) is 2.19. The second-order valence-corrected chi connectivity index (χ2v) is 8.09. The van der Waals surface area contributed by atoms with Crippen LogP contribution in [0.5, 0.6) is 0 Å². The SMILES string of the molecule is CCOP(=S)(OCC)N(SCNC(=O)O)c1ccccc1. The van der Waals surface area contributed by atoms with Crippen molar-refractivity contribution in [2.24, 2.45) is 0 Å². The van der Waals surface area contributed by atoms with Gasteiger partial charge in [0.1, 0.15) is 0 Å². The van der Waals surface area contributed by atoms with Gasteiger partial charge in [-0.15, -0.1) is 0 Å². The van der Waals surface area contributed by atoms with Gasteiger partial charge in [-0.25, -0.2) is 8.87 Å². The van der Waals surface area contributed by atoms with Gasteiger partial charge in [0, 0.05) is 0 Å². The highest BCUT2D eigenvalue weighted by atomic mass is 32.5. The van der Waals surface area contributed by atoms with Crippen molar-refractivity contribution in [2.45, 2.75) is 13.8 Å². The molecule has 1 aromatic rings. The van der Waals surface area contributed by atoms with E-state index in [1.54, 1.807) is 4.08 Å². The summed E-state index contributed by atoms with van der Waals surface area (Å²) in [7, 11) is 0. The van der Waals surface area contributed by atoms with Gasteiger partial charge in [-0.2, -0.15) is 0 Å². The quantitative estimate of drug-likeness (QED) is 0.400. The average Bonchev–Trinajstić information content (AvgIpc) is 2.44. The summed E-state index contributed by atoms with van der Waals surface area (Å²) in [6.07, 6.45) is -1.09. The molecule has 1 aromatic carbocycles. The number of hydrogen-bond acceptors (Lipinski definition) is 5. The highest BCUT2D eigenvalue weighted by molar-refractivity contribution is 8.19. The fourth-order valence-electron chi connectivity index (χ4n) is 1.47. The zero-order valence-corrected chi connectivity index (χ0v) is 14.4. The van der Waals surface area contributed by atoms with Crippen LogP contribution in [0.2, 0.25) is 0 Å². The molecule has 0 aliphatic carbocycles. The lowest BCUT2D eigenvalue weighted by atomic mass is 10.3. The van der Waals surface area contributed by atoms with E-state index in [4.69, 9.17) is 26.0 Å². The first kappa shape index (κ1) is 18.3. The van der Waals surface area contributed by atoms with Gasteiger partial charge in [0.15, 0.2) is 0 Å². The molecule has 6 nitrogen and oxygen atoms in total. The second kappa shape index (κ2) is 9.27. The molecule has 1 rings (SSSR count). The van der Waals surface area contributed by atoms with Crippen LogP contribution in [0, 0.1) is 0 Å². The highest BCUT2D eigenvalue weighted by Crippen LogP contribution is 2.57. The maximum absolute atomic E-state index is 10.6. The van der Waals surface area contributed by atoms with Gasteiger partial charge >= 0.3 is 6.09 Å². The molecule has 0 fully saturated rings. The van der Waals surface area contributed by atoms with E-state index in [-0.39, 0.29) is 5.88 Å². The Morgan fingerprint density at radius 1 is 1.33 bits per heavy atom. The molecule has 0 spiro atoms. The Morgan fingerprint density at radius 3 is 2.38 bits per heavy atom. The zero-order chi connectivity index (χ0) is 15.7. The first-order valence-corrected chi connectivity index (χ1v) is 9.91. The maximum Gasteiger partial charge on any atom is 0.405 e. The fourth-order valence-corrected chi connectivity index (χ4v) is 5.76. The molecule has 118 valence electrons. The zero-order valence-electron chi connectivity index (χ0n) is 11.9. The summed E-state index contributed by atoms with van der Waals surface area (Å²) >= 11 is 6.81. The van der Waals surface area contributed by atoms with Crippen LogP contribution in [-0.2, 0) is 20.9 Å². The Balaban J connectivity index is 2.98. The van der Waals surface area contributed by atoms with Crippen LogP contribution in [0.25, 0.3) is 0 Å².